The van der Waals surface area contributed by atoms with Crippen LogP contribution in [0.5, 0.6) is 0 Å². The number of anilines is 1. The standard InChI is InChI=1S/C28H25N3O4S3/c1-18-13-15-19(16-14-18)27-17-28-25(33)29(3)26(2,36-37-28)24(32)30(28)23(27)31(22-12-8-7-11-21(22)27)38(34,35)20-9-5-4-6-10-20/h4-16,23H,17H2,1-3H3/t23-,26-,27-,28-/m0/s1. The molecule has 4 fully saturated rings. The van der Waals surface area contributed by atoms with Gasteiger partial charge in [-0.25, -0.2) is 12.7 Å². The third-order valence-corrected chi connectivity index (χ3v) is 14.0. The second-order valence-corrected chi connectivity index (χ2v) is 15.1. The molecule has 5 aliphatic heterocycles. The number of carbonyl (C=O) groups is 2. The molecule has 10 heteroatoms. The van der Waals surface area contributed by atoms with Gasteiger partial charge in [-0.15, -0.1) is 0 Å². The monoisotopic (exact) mass is 563 g/mol. The zero-order valence-electron chi connectivity index (χ0n) is 21.0. The number of hydrogen-bond donors (Lipinski definition) is 0. The fourth-order valence-electron chi connectivity index (χ4n) is 6.53. The second-order valence-electron chi connectivity index (χ2n) is 10.5. The fraction of sp³-hybridized carbons (Fsp3) is 0.286. The van der Waals surface area contributed by atoms with Crippen LogP contribution in [0.25, 0.3) is 0 Å². The third-order valence-electron chi connectivity index (χ3n) is 8.54. The molecule has 3 aromatic carbocycles. The molecule has 0 aromatic heterocycles. The van der Waals surface area contributed by atoms with Crippen LogP contribution in [0, 0.1) is 6.92 Å². The van der Waals surface area contributed by atoms with Gasteiger partial charge in [0.2, 0.25) is 0 Å². The first-order chi connectivity index (χ1) is 18.1. The minimum Gasteiger partial charge on any atom is -0.319 e. The number of nitrogens with zero attached hydrogens (tertiary/aromatic N) is 3. The molecule has 5 aliphatic rings. The van der Waals surface area contributed by atoms with Crippen LogP contribution >= 0.6 is 21.6 Å². The van der Waals surface area contributed by atoms with E-state index in [2.05, 4.69) is 0 Å². The molecule has 1 spiro atoms. The minimum absolute atomic E-state index is 0.141. The van der Waals surface area contributed by atoms with Gasteiger partial charge in [0.1, 0.15) is 6.17 Å². The lowest BCUT2D eigenvalue weighted by molar-refractivity contribution is -0.163. The molecule has 0 saturated carbocycles. The largest absolute Gasteiger partial charge is 0.319 e. The number of carbonyl (C=O) groups excluding carboxylic acids is 2. The Hall–Kier alpha value is -2.95. The smallest absolute Gasteiger partial charge is 0.266 e. The van der Waals surface area contributed by atoms with Gasteiger partial charge in [-0.2, -0.15) is 0 Å². The van der Waals surface area contributed by atoms with E-state index in [0.29, 0.717) is 5.69 Å². The number of benzene rings is 3. The van der Waals surface area contributed by atoms with Gasteiger partial charge in [0.15, 0.2) is 9.74 Å². The van der Waals surface area contributed by atoms with Gasteiger partial charge in [0.05, 0.1) is 16.0 Å². The molecule has 3 aromatic rings. The Morgan fingerprint density at radius 1 is 0.868 bits per heavy atom. The first-order valence-electron chi connectivity index (χ1n) is 12.3. The van der Waals surface area contributed by atoms with Crippen molar-refractivity contribution in [3.63, 3.8) is 0 Å². The summed E-state index contributed by atoms with van der Waals surface area (Å²) in [6.45, 7) is 3.75. The Bertz CT molecular complexity index is 1630. The number of rotatable bonds is 3. The van der Waals surface area contributed by atoms with E-state index in [-0.39, 0.29) is 23.1 Å². The average molecular weight is 564 g/mol. The van der Waals surface area contributed by atoms with Gasteiger partial charge < -0.3 is 4.90 Å². The number of piperazine rings is 1. The van der Waals surface area contributed by atoms with Crippen molar-refractivity contribution in [2.75, 3.05) is 11.4 Å². The zero-order chi connectivity index (χ0) is 26.7. The maximum atomic E-state index is 14.5. The number of likely N-dealkylation sites (N-methyl/N-ethyl adjacent to an activating group) is 1. The van der Waals surface area contributed by atoms with Gasteiger partial charge in [0, 0.05) is 13.5 Å². The van der Waals surface area contributed by atoms with Crippen LogP contribution in [0.15, 0.2) is 83.8 Å². The van der Waals surface area contributed by atoms with E-state index in [4.69, 9.17) is 0 Å². The average Bonchev–Trinajstić information content (AvgIpc) is 3.38. The lowest BCUT2D eigenvalue weighted by Gasteiger charge is -2.58. The van der Waals surface area contributed by atoms with Gasteiger partial charge in [-0.1, -0.05) is 87.8 Å². The Morgan fingerprint density at radius 2 is 1.53 bits per heavy atom. The predicted molar refractivity (Wildman–Crippen MR) is 149 cm³/mol. The van der Waals surface area contributed by atoms with Crippen molar-refractivity contribution in [3.8, 4) is 0 Å². The van der Waals surface area contributed by atoms with Gasteiger partial charge in [-0.05, 0) is 43.2 Å². The summed E-state index contributed by atoms with van der Waals surface area (Å²) in [5, 5.41) is 0. The van der Waals surface area contributed by atoms with Crippen LogP contribution in [0.2, 0.25) is 0 Å². The van der Waals surface area contributed by atoms with Crippen LogP contribution in [-0.4, -0.2) is 53.0 Å². The SMILES string of the molecule is Cc1ccc([C@]23C[C@@]45SS[C@@](C)(C(=O)N4[C@H]2N(S(=O)(=O)c2ccccc2)c2ccccc23)N(C)C5=O)cc1. The van der Waals surface area contributed by atoms with Crippen molar-refractivity contribution in [3.05, 3.63) is 95.6 Å². The third kappa shape index (κ3) is 2.66. The molecule has 2 bridgehead atoms. The molecule has 7 nitrogen and oxygen atoms in total. The number of fused-ring (bicyclic) bond motifs is 5. The lowest BCUT2D eigenvalue weighted by atomic mass is 9.72. The van der Waals surface area contributed by atoms with E-state index in [1.54, 1.807) is 60.2 Å². The summed E-state index contributed by atoms with van der Waals surface area (Å²) in [4.78, 5) is 29.3. The zero-order valence-corrected chi connectivity index (χ0v) is 23.4. The van der Waals surface area contributed by atoms with E-state index in [9.17, 15) is 18.0 Å². The van der Waals surface area contributed by atoms with Gasteiger partial charge >= 0.3 is 0 Å². The van der Waals surface area contributed by atoms with Gasteiger partial charge in [0.25, 0.3) is 21.8 Å². The van der Waals surface area contributed by atoms with Crippen LogP contribution < -0.4 is 4.31 Å². The van der Waals surface area contributed by atoms with Crippen molar-refractivity contribution in [1.29, 1.82) is 0 Å². The first kappa shape index (κ1) is 24.1. The molecule has 5 heterocycles. The van der Waals surface area contributed by atoms with E-state index < -0.39 is 31.3 Å². The quantitative estimate of drug-likeness (QED) is 0.442. The fourth-order valence-corrected chi connectivity index (χ4v) is 11.7. The Morgan fingerprint density at radius 3 is 2.24 bits per heavy atom. The number of para-hydroxylation sites is 1. The highest BCUT2D eigenvalue weighted by molar-refractivity contribution is 8.78. The van der Waals surface area contributed by atoms with Crippen molar-refractivity contribution >= 4 is 49.1 Å². The Labute approximate surface area is 229 Å². The molecule has 194 valence electrons. The van der Waals surface area contributed by atoms with E-state index in [1.165, 1.54) is 25.9 Å². The first-order valence-corrected chi connectivity index (χ1v) is 15.9. The molecular formula is C28H25N3O4S3. The molecule has 0 N–H and O–H groups in total. The van der Waals surface area contributed by atoms with Crippen molar-refractivity contribution in [2.45, 2.75) is 46.5 Å². The molecule has 0 radical (unpaired) electrons. The normalized spacial score (nSPS) is 31.4. The van der Waals surface area contributed by atoms with E-state index in [0.717, 1.165) is 16.7 Å². The topological polar surface area (TPSA) is 78.0 Å². The molecule has 2 amide bonds. The van der Waals surface area contributed by atoms with Crippen molar-refractivity contribution in [2.24, 2.45) is 0 Å². The number of hydrogen-bond acceptors (Lipinski definition) is 6. The molecular weight excluding hydrogens is 539 g/mol. The highest BCUT2D eigenvalue weighted by atomic mass is 33.1. The van der Waals surface area contributed by atoms with E-state index in [1.807, 2.05) is 49.4 Å². The van der Waals surface area contributed by atoms with Gasteiger partial charge in [-0.3, -0.25) is 14.5 Å². The molecule has 0 aliphatic carbocycles. The minimum atomic E-state index is -4.11. The number of amides is 2. The molecule has 8 rings (SSSR count). The molecule has 4 atom stereocenters. The summed E-state index contributed by atoms with van der Waals surface area (Å²) in [5.41, 5.74) is 2.36. The van der Waals surface area contributed by atoms with E-state index >= 15 is 0 Å². The molecule has 38 heavy (non-hydrogen) atoms. The van der Waals surface area contributed by atoms with Crippen LogP contribution in [0.4, 0.5) is 5.69 Å². The summed E-state index contributed by atoms with van der Waals surface area (Å²) >= 11 is 0. The number of sulfonamides is 1. The summed E-state index contributed by atoms with van der Waals surface area (Å²) in [7, 11) is 0.342. The van der Waals surface area contributed by atoms with Crippen molar-refractivity contribution < 1.29 is 18.0 Å². The predicted octanol–water partition coefficient (Wildman–Crippen LogP) is 4.33. The maximum Gasteiger partial charge on any atom is 0.266 e. The summed E-state index contributed by atoms with van der Waals surface area (Å²) < 4.78 is 30.3. The highest BCUT2D eigenvalue weighted by Crippen LogP contribution is 2.71. The number of aryl methyl sites for hydroxylation is 1. The Balaban J connectivity index is 1.58. The van der Waals surface area contributed by atoms with Crippen LogP contribution in [-0.2, 0) is 25.0 Å². The van der Waals surface area contributed by atoms with Crippen LogP contribution in [0.3, 0.4) is 0 Å². The maximum absolute atomic E-state index is 14.5. The Kier molecular flexibility index (Phi) is 4.81. The molecule has 4 saturated heterocycles. The summed E-state index contributed by atoms with van der Waals surface area (Å²) in [6, 6.07) is 23.8. The lowest BCUT2D eigenvalue weighted by Crippen LogP contribution is -2.76. The second kappa shape index (κ2) is 7.58. The highest BCUT2D eigenvalue weighted by Gasteiger charge is 2.79. The van der Waals surface area contributed by atoms with Crippen LogP contribution in [0.1, 0.15) is 30.0 Å². The molecule has 0 unspecified atom stereocenters. The summed E-state index contributed by atoms with van der Waals surface area (Å²) in [6.07, 6.45) is -0.667. The summed E-state index contributed by atoms with van der Waals surface area (Å²) in [5.74, 6) is -0.415. The van der Waals surface area contributed by atoms with Crippen molar-refractivity contribution in [1.82, 2.24) is 9.80 Å².